The van der Waals surface area contributed by atoms with E-state index >= 15 is 0 Å². The molecule has 1 aliphatic rings. The highest BCUT2D eigenvalue weighted by molar-refractivity contribution is 5.93. The van der Waals surface area contributed by atoms with Crippen molar-refractivity contribution in [2.75, 3.05) is 0 Å². The van der Waals surface area contributed by atoms with Crippen LogP contribution in [0.15, 0.2) is 41.3 Å². The molecule has 1 fully saturated rings. The van der Waals surface area contributed by atoms with Gasteiger partial charge in [0.05, 0.1) is 5.92 Å². The second-order valence-electron chi connectivity index (χ2n) is 8.16. The average molecular weight is 460 g/mol. The van der Waals surface area contributed by atoms with Crippen LogP contribution in [0.5, 0.6) is 0 Å². The van der Waals surface area contributed by atoms with Gasteiger partial charge in [0, 0.05) is 22.5 Å². The van der Waals surface area contributed by atoms with Crippen LogP contribution in [0, 0.1) is 19.8 Å². The van der Waals surface area contributed by atoms with Crippen molar-refractivity contribution in [3.63, 3.8) is 0 Å². The van der Waals surface area contributed by atoms with E-state index in [1.165, 1.54) is 10.9 Å². The van der Waals surface area contributed by atoms with E-state index in [4.69, 9.17) is 4.52 Å². The number of alkyl halides is 3. The van der Waals surface area contributed by atoms with Gasteiger partial charge in [-0.1, -0.05) is 30.7 Å². The fourth-order valence-corrected chi connectivity index (χ4v) is 4.08. The largest absolute Gasteiger partial charge is 0.446 e. The Morgan fingerprint density at radius 2 is 1.88 bits per heavy atom. The molecule has 1 aromatic carbocycles. The smallest absolute Gasteiger partial charge is 0.391 e. The van der Waals surface area contributed by atoms with E-state index in [0.29, 0.717) is 6.54 Å². The Hall–Kier alpha value is -3.50. The highest BCUT2D eigenvalue weighted by atomic mass is 19.4. The maximum absolute atomic E-state index is 12.8. The van der Waals surface area contributed by atoms with Gasteiger partial charge in [-0.25, -0.2) is 9.97 Å². The number of halogens is 3. The number of amides is 2. The Bertz CT molecular complexity index is 1110. The lowest BCUT2D eigenvalue weighted by Gasteiger charge is -2.20. The Morgan fingerprint density at radius 1 is 1.18 bits per heavy atom. The molecule has 174 valence electrons. The van der Waals surface area contributed by atoms with Gasteiger partial charge in [0.1, 0.15) is 6.33 Å². The molecule has 1 aliphatic carbocycles. The Kier molecular flexibility index (Phi) is 6.30. The number of urea groups is 1. The van der Waals surface area contributed by atoms with Crippen molar-refractivity contribution in [2.45, 2.75) is 51.9 Å². The van der Waals surface area contributed by atoms with Crippen LogP contribution in [0.25, 0.3) is 16.4 Å². The molecular formula is C22H23F3N6O2. The molecule has 0 radical (unpaired) electrons. The summed E-state index contributed by atoms with van der Waals surface area (Å²) >= 11 is 0. The van der Waals surface area contributed by atoms with Crippen LogP contribution in [-0.4, -0.2) is 33.5 Å². The molecule has 3 aromatic rings. The van der Waals surface area contributed by atoms with Gasteiger partial charge in [-0.15, -0.1) is 0 Å². The number of aryl methyl sites for hydroxylation is 2. The third-order valence-electron chi connectivity index (χ3n) is 5.75. The van der Waals surface area contributed by atoms with Crippen molar-refractivity contribution in [3.8, 4) is 11.1 Å². The molecule has 1 saturated carbocycles. The standard InChI is InChI=1S/C22H23F3N6O2/c1-13-20(14(2)27-12-26-13)16-5-3-15(4-6-16)10-31-11-19(33-30-31)29-21(32)28-18-8-7-17(9-18)22(23,24)25/h3-6,11-12,17-18H,7-10H2,1-2H3,(H-,28,29,30,32)/t17-,18-/m1/s1. The normalized spacial score (nSPS) is 18.3. The van der Waals surface area contributed by atoms with Crippen LogP contribution in [0.4, 0.5) is 23.8 Å². The van der Waals surface area contributed by atoms with Crippen molar-refractivity contribution < 1.29 is 27.2 Å². The van der Waals surface area contributed by atoms with E-state index in [1.807, 2.05) is 38.1 Å². The zero-order chi connectivity index (χ0) is 23.6. The molecule has 2 heterocycles. The highest BCUT2D eigenvalue weighted by Crippen LogP contribution is 2.39. The van der Waals surface area contributed by atoms with E-state index < -0.39 is 24.2 Å². The second kappa shape index (κ2) is 9.16. The minimum atomic E-state index is -4.24. The van der Waals surface area contributed by atoms with E-state index in [1.54, 1.807) is 6.33 Å². The van der Waals surface area contributed by atoms with Crippen molar-refractivity contribution in [1.82, 2.24) is 20.6 Å². The van der Waals surface area contributed by atoms with Crippen LogP contribution in [-0.2, 0) is 6.54 Å². The molecule has 0 spiro atoms. The summed E-state index contributed by atoms with van der Waals surface area (Å²) in [7, 11) is 0. The number of carbonyl (C=O) groups is 1. The number of hydrogen-bond donors (Lipinski definition) is 1. The first-order chi connectivity index (χ1) is 15.7. The molecule has 33 heavy (non-hydrogen) atoms. The number of nitrogens with one attached hydrogen (secondary N) is 1. The van der Waals surface area contributed by atoms with E-state index in [9.17, 15) is 18.0 Å². The maximum atomic E-state index is 12.8. The summed E-state index contributed by atoms with van der Waals surface area (Å²) in [6.45, 7) is 4.26. The van der Waals surface area contributed by atoms with Crippen molar-refractivity contribution in [3.05, 3.63) is 59.1 Å². The average Bonchev–Trinajstić information content (AvgIpc) is 3.38. The van der Waals surface area contributed by atoms with E-state index in [2.05, 4.69) is 25.9 Å². The lowest BCUT2D eigenvalue weighted by Crippen LogP contribution is -2.35. The van der Waals surface area contributed by atoms with E-state index in [0.717, 1.165) is 28.1 Å². The first-order valence-electron chi connectivity index (χ1n) is 10.5. The van der Waals surface area contributed by atoms with Gasteiger partial charge in [-0.2, -0.15) is 13.2 Å². The van der Waals surface area contributed by atoms with Crippen molar-refractivity contribution in [1.29, 1.82) is 0 Å². The SMILES string of the molecule is Cc1ncnc(C)c1-c1ccc(C[n+]2cc([N-]C(=O)N[C@@H]3CC[C@@H](C(F)(F)F)C3)on2)cc1. The molecule has 2 amide bonds. The number of nitrogens with zero attached hydrogens (tertiary/aromatic N) is 5. The van der Waals surface area contributed by atoms with Crippen LogP contribution < -0.4 is 10.00 Å². The molecule has 2 aromatic heterocycles. The van der Waals surface area contributed by atoms with Gasteiger partial charge in [-0.05, 0) is 43.0 Å². The second-order valence-corrected chi connectivity index (χ2v) is 8.16. The molecule has 1 N–H and O–H groups in total. The molecule has 2 atom stereocenters. The zero-order valence-electron chi connectivity index (χ0n) is 18.1. The van der Waals surface area contributed by atoms with Crippen LogP contribution >= 0.6 is 0 Å². The summed E-state index contributed by atoms with van der Waals surface area (Å²) in [5.41, 5.74) is 4.75. The minimum Gasteiger partial charge on any atom is -0.446 e. The molecule has 4 rings (SSSR count). The fourth-order valence-electron chi connectivity index (χ4n) is 4.08. The molecular weight excluding hydrogens is 437 g/mol. The summed E-state index contributed by atoms with van der Waals surface area (Å²) < 4.78 is 44.9. The molecule has 11 heteroatoms. The molecule has 8 nitrogen and oxygen atoms in total. The Balaban J connectivity index is 1.32. The van der Waals surface area contributed by atoms with Gasteiger partial charge >= 0.3 is 6.18 Å². The number of hydrogen-bond acceptors (Lipinski definition) is 5. The van der Waals surface area contributed by atoms with Gasteiger partial charge in [0.2, 0.25) is 18.6 Å². The lowest BCUT2D eigenvalue weighted by atomic mass is 10.0. The third-order valence-corrected chi connectivity index (χ3v) is 5.75. The highest BCUT2D eigenvalue weighted by Gasteiger charge is 2.43. The number of carbonyl (C=O) groups excluding carboxylic acids is 1. The summed E-state index contributed by atoms with van der Waals surface area (Å²) in [6.07, 6.45) is -1.10. The van der Waals surface area contributed by atoms with Gasteiger partial charge < -0.3 is 15.2 Å². The predicted molar refractivity (Wildman–Crippen MR) is 111 cm³/mol. The first kappa shape index (κ1) is 22.7. The summed E-state index contributed by atoms with van der Waals surface area (Å²) in [6, 6.07) is 6.55. The van der Waals surface area contributed by atoms with Crippen LogP contribution in [0.3, 0.4) is 0 Å². The zero-order valence-corrected chi connectivity index (χ0v) is 18.1. The molecule has 0 saturated heterocycles. The molecule has 0 unspecified atom stereocenters. The topological polar surface area (TPSA) is 98.9 Å². The Labute approximate surface area is 188 Å². The van der Waals surface area contributed by atoms with Crippen molar-refractivity contribution >= 4 is 11.9 Å². The minimum absolute atomic E-state index is 0.00593. The number of rotatable bonds is 5. The first-order valence-corrected chi connectivity index (χ1v) is 10.5. The van der Waals surface area contributed by atoms with E-state index in [-0.39, 0.29) is 25.1 Å². The Morgan fingerprint density at radius 3 is 2.52 bits per heavy atom. The van der Waals surface area contributed by atoms with Gasteiger partial charge in [-0.3, -0.25) is 4.79 Å². The van der Waals surface area contributed by atoms with Gasteiger partial charge in [0.15, 0.2) is 11.3 Å². The maximum Gasteiger partial charge on any atom is 0.391 e. The van der Waals surface area contributed by atoms with Crippen LogP contribution in [0.2, 0.25) is 0 Å². The monoisotopic (exact) mass is 460 g/mol. The fraction of sp³-hybridized carbons (Fsp3) is 0.409. The summed E-state index contributed by atoms with van der Waals surface area (Å²) in [5.74, 6) is -1.41. The summed E-state index contributed by atoms with van der Waals surface area (Å²) in [4.78, 5) is 20.6. The van der Waals surface area contributed by atoms with Crippen molar-refractivity contribution in [2.24, 2.45) is 5.92 Å². The summed E-state index contributed by atoms with van der Waals surface area (Å²) in [5, 5.41) is 10.1. The predicted octanol–water partition coefficient (Wildman–Crippen LogP) is 4.53. The lowest BCUT2D eigenvalue weighted by molar-refractivity contribution is -0.754. The quantitative estimate of drug-likeness (QED) is 0.564. The number of benzene rings is 1. The van der Waals surface area contributed by atoms with Gasteiger partial charge in [0.25, 0.3) is 0 Å². The molecule has 0 bridgehead atoms. The number of aromatic nitrogens is 4. The van der Waals surface area contributed by atoms with Crippen LogP contribution in [0.1, 0.15) is 36.2 Å². The molecule has 0 aliphatic heterocycles. The third kappa shape index (κ3) is 5.47.